The summed E-state index contributed by atoms with van der Waals surface area (Å²) in [4.78, 5) is 10.7. The van der Waals surface area contributed by atoms with Crippen LogP contribution in [0.15, 0.2) is 11.1 Å². The topological polar surface area (TPSA) is 65.2 Å². The highest BCUT2D eigenvalue weighted by molar-refractivity contribution is 5.84. The molecule has 0 radical (unpaired) electrons. The van der Waals surface area contributed by atoms with Crippen LogP contribution in [-0.2, 0) is 14.3 Å². The molecular formula is C10H13O4-. The SMILES string of the molecule is CC(C(=O)[O-])=C(CC1CO1)CC1CO1. The van der Waals surface area contributed by atoms with Crippen LogP contribution in [0.2, 0.25) is 0 Å². The summed E-state index contributed by atoms with van der Waals surface area (Å²) in [7, 11) is 0. The van der Waals surface area contributed by atoms with E-state index in [1.165, 1.54) is 0 Å². The Bertz CT molecular complexity index is 258. The maximum Gasteiger partial charge on any atom is 0.0847 e. The minimum Gasteiger partial charge on any atom is -0.545 e. The van der Waals surface area contributed by atoms with Crippen molar-refractivity contribution in [1.29, 1.82) is 0 Å². The summed E-state index contributed by atoms with van der Waals surface area (Å²) in [6.45, 7) is 3.08. The van der Waals surface area contributed by atoms with Gasteiger partial charge in [-0.15, -0.1) is 0 Å². The van der Waals surface area contributed by atoms with Crippen LogP contribution in [0.5, 0.6) is 0 Å². The number of rotatable bonds is 5. The van der Waals surface area contributed by atoms with Crippen molar-refractivity contribution < 1.29 is 19.4 Å². The molecule has 0 aromatic heterocycles. The Morgan fingerprint density at radius 2 is 1.71 bits per heavy atom. The molecule has 0 spiro atoms. The number of carbonyl (C=O) groups excluding carboxylic acids is 1. The van der Waals surface area contributed by atoms with Gasteiger partial charge in [-0.1, -0.05) is 5.57 Å². The second-order valence-electron chi connectivity index (χ2n) is 3.83. The lowest BCUT2D eigenvalue weighted by Crippen LogP contribution is -2.24. The van der Waals surface area contributed by atoms with E-state index in [9.17, 15) is 9.90 Å². The van der Waals surface area contributed by atoms with Crippen LogP contribution < -0.4 is 5.11 Å². The van der Waals surface area contributed by atoms with E-state index in [1.807, 2.05) is 0 Å². The lowest BCUT2D eigenvalue weighted by atomic mass is 10.00. The first-order valence-corrected chi connectivity index (χ1v) is 4.80. The van der Waals surface area contributed by atoms with E-state index in [4.69, 9.17) is 9.47 Å². The average molecular weight is 197 g/mol. The lowest BCUT2D eigenvalue weighted by molar-refractivity contribution is -0.299. The van der Waals surface area contributed by atoms with Gasteiger partial charge < -0.3 is 19.4 Å². The summed E-state index contributed by atoms with van der Waals surface area (Å²) in [6.07, 6.45) is 1.86. The standard InChI is InChI=1S/C10H14O4/c1-6(10(11)12)7(2-8-4-13-8)3-9-5-14-9/h8-9H,2-5H2,1H3,(H,11,12)/p-1. The average Bonchev–Trinajstić information content (AvgIpc) is 2.94. The quantitative estimate of drug-likeness (QED) is 0.445. The summed E-state index contributed by atoms with van der Waals surface area (Å²) < 4.78 is 10.2. The molecule has 0 amide bonds. The first-order chi connectivity index (χ1) is 6.66. The molecule has 2 aliphatic heterocycles. The van der Waals surface area contributed by atoms with Gasteiger partial charge in [0.2, 0.25) is 0 Å². The monoisotopic (exact) mass is 197 g/mol. The highest BCUT2D eigenvalue weighted by atomic mass is 16.6. The van der Waals surface area contributed by atoms with E-state index < -0.39 is 5.97 Å². The van der Waals surface area contributed by atoms with Crippen LogP contribution in [0.4, 0.5) is 0 Å². The molecule has 0 saturated carbocycles. The predicted molar refractivity (Wildman–Crippen MR) is 46.4 cm³/mol. The first-order valence-electron chi connectivity index (χ1n) is 4.80. The van der Waals surface area contributed by atoms with E-state index in [2.05, 4.69) is 0 Å². The zero-order valence-electron chi connectivity index (χ0n) is 8.12. The van der Waals surface area contributed by atoms with Gasteiger partial charge in [0, 0.05) is 0 Å². The van der Waals surface area contributed by atoms with E-state index in [0.29, 0.717) is 18.4 Å². The second-order valence-corrected chi connectivity index (χ2v) is 3.83. The van der Waals surface area contributed by atoms with E-state index in [-0.39, 0.29) is 12.2 Å². The number of carboxylic acids is 1. The lowest BCUT2D eigenvalue weighted by Gasteiger charge is -2.10. The number of epoxide rings is 2. The van der Waals surface area contributed by atoms with E-state index in [1.54, 1.807) is 6.92 Å². The molecule has 0 aromatic carbocycles. The van der Waals surface area contributed by atoms with Crippen molar-refractivity contribution >= 4 is 5.97 Å². The number of hydrogen-bond donors (Lipinski definition) is 0. The Morgan fingerprint density at radius 1 is 1.29 bits per heavy atom. The molecule has 2 rings (SSSR count). The van der Waals surface area contributed by atoms with Crippen LogP contribution in [0.1, 0.15) is 19.8 Å². The zero-order valence-corrected chi connectivity index (χ0v) is 8.12. The van der Waals surface area contributed by atoms with Crippen LogP contribution in [0.3, 0.4) is 0 Å². The largest absolute Gasteiger partial charge is 0.545 e. The number of ether oxygens (including phenoxy) is 2. The number of hydrogen-bond acceptors (Lipinski definition) is 4. The Balaban J connectivity index is 2.01. The third kappa shape index (κ3) is 2.56. The van der Waals surface area contributed by atoms with Crippen molar-refractivity contribution in [2.75, 3.05) is 13.2 Å². The van der Waals surface area contributed by atoms with Crippen molar-refractivity contribution in [2.24, 2.45) is 0 Å². The van der Waals surface area contributed by atoms with Gasteiger partial charge in [-0.3, -0.25) is 0 Å². The molecule has 0 aromatic rings. The molecule has 2 fully saturated rings. The molecule has 78 valence electrons. The highest BCUT2D eigenvalue weighted by Crippen LogP contribution is 2.28. The highest BCUT2D eigenvalue weighted by Gasteiger charge is 2.29. The second kappa shape index (κ2) is 3.71. The van der Waals surface area contributed by atoms with Crippen LogP contribution in [0, 0.1) is 0 Å². The van der Waals surface area contributed by atoms with Crippen LogP contribution >= 0.6 is 0 Å². The third-order valence-corrected chi connectivity index (χ3v) is 2.59. The molecule has 0 aliphatic carbocycles. The first kappa shape index (κ1) is 9.68. The third-order valence-electron chi connectivity index (χ3n) is 2.59. The minimum absolute atomic E-state index is 0.220. The Kier molecular flexibility index (Phi) is 2.56. The molecule has 2 saturated heterocycles. The normalized spacial score (nSPS) is 28.4. The van der Waals surface area contributed by atoms with Gasteiger partial charge in [-0.25, -0.2) is 0 Å². The molecular weight excluding hydrogens is 184 g/mol. The zero-order chi connectivity index (χ0) is 10.1. The molecule has 14 heavy (non-hydrogen) atoms. The number of carboxylic acid groups (broad SMARTS) is 1. The summed E-state index contributed by atoms with van der Waals surface area (Å²) in [5.41, 5.74) is 1.26. The summed E-state index contributed by atoms with van der Waals surface area (Å²) in [5, 5.41) is 10.7. The number of aliphatic carboxylic acids is 1. The Hall–Kier alpha value is -0.870. The molecule has 0 N–H and O–H groups in total. The fourth-order valence-corrected chi connectivity index (χ4v) is 1.46. The van der Waals surface area contributed by atoms with E-state index >= 15 is 0 Å². The van der Waals surface area contributed by atoms with Gasteiger partial charge in [0.15, 0.2) is 0 Å². The summed E-state index contributed by atoms with van der Waals surface area (Å²) in [6, 6.07) is 0. The molecule has 0 bridgehead atoms. The van der Waals surface area contributed by atoms with Gasteiger partial charge in [-0.2, -0.15) is 0 Å². The van der Waals surface area contributed by atoms with Crippen molar-refractivity contribution in [3.05, 3.63) is 11.1 Å². The molecule has 2 heterocycles. The van der Waals surface area contributed by atoms with Crippen LogP contribution in [-0.4, -0.2) is 31.4 Å². The van der Waals surface area contributed by atoms with Crippen molar-refractivity contribution in [2.45, 2.75) is 32.0 Å². The molecule has 2 atom stereocenters. The maximum atomic E-state index is 10.7. The fourth-order valence-electron chi connectivity index (χ4n) is 1.46. The molecule has 2 aliphatic rings. The summed E-state index contributed by atoms with van der Waals surface area (Å²) in [5.74, 6) is -1.08. The van der Waals surface area contributed by atoms with Gasteiger partial charge >= 0.3 is 0 Å². The fraction of sp³-hybridized carbons (Fsp3) is 0.700. The van der Waals surface area contributed by atoms with E-state index in [0.717, 1.165) is 18.8 Å². The van der Waals surface area contributed by atoms with Crippen molar-refractivity contribution in [1.82, 2.24) is 0 Å². The maximum absolute atomic E-state index is 10.7. The molecule has 4 heteroatoms. The van der Waals surface area contributed by atoms with Crippen LogP contribution in [0.25, 0.3) is 0 Å². The Labute approximate surface area is 82.5 Å². The van der Waals surface area contributed by atoms with Gasteiger partial charge in [0.25, 0.3) is 0 Å². The molecule has 4 nitrogen and oxygen atoms in total. The van der Waals surface area contributed by atoms with Gasteiger partial charge in [-0.05, 0) is 25.3 Å². The predicted octanol–water partition coefficient (Wildman–Crippen LogP) is -0.369. The Morgan fingerprint density at radius 3 is 2.00 bits per heavy atom. The van der Waals surface area contributed by atoms with Crippen molar-refractivity contribution in [3.63, 3.8) is 0 Å². The number of carbonyl (C=O) groups is 1. The van der Waals surface area contributed by atoms with Gasteiger partial charge in [0.05, 0.1) is 31.4 Å². The summed E-state index contributed by atoms with van der Waals surface area (Å²) >= 11 is 0. The van der Waals surface area contributed by atoms with Crippen molar-refractivity contribution in [3.8, 4) is 0 Å². The smallest absolute Gasteiger partial charge is 0.0847 e. The minimum atomic E-state index is -1.08. The molecule has 2 unspecified atom stereocenters. The van der Waals surface area contributed by atoms with Gasteiger partial charge in [0.1, 0.15) is 0 Å².